The number of hydrogen-bond donors (Lipinski definition) is 2. The second-order valence-electron chi connectivity index (χ2n) is 3.86. The molecule has 0 atom stereocenters. The Bertz CT molecular complexity index is 549. The topological polar surface area (TPSA) is 68.8 Å². The molecule has 0 aliphatic heterocycles. The van der Waals surface area contributed by atoms with Gasteiger partial charge >= 0.3 is 0 Å². The summed E-state index contributed by atoms with van der Waals surface area (Å²) in [5.74, 6) is 1.55. The molecule has 1 aromatic carbocycles. The number of nitrogens with zero attached hydrogens (tertiary/aromatic N) is 3. The predicted octanol–water partition coefficient (Wildman–Crippen LogP) is 2.63. The van der Waals surface area contributed by atoms with Gasteiger partial charge in [-0.1, -0.05) is 11.6 Å². The summed E-state index contributed by atoms with van der Waals surface area (Å²) in [6.45, 7) is 5.66. The van der Waals surface area contributed by atoms with Crippen LogP contribution in [0.3, 0.4) is 0 Å². The summed E-state index contributed by atoms with van der Waals surface area (Å²) in [7, 11) is 0. The van der Waals surface area contributed by atoms with Crippen LogP contribution in [0.2, 0.25) is 5.02 Å². The highest BCUT2D eigenvalue weighted by Crippen LogP contribution is 2.27. The minimum absolute atomic E-state index is 0.531. The van der Waals surface area contributed by atoms with Crippen molar-refractivity contribution >= 4 is 23.2 Å². The Morgan fingerprint density at radius 3 is 2.72 bits per heavy atom. The van der Waals surface area contributed by atoms with Crippen molar-refractivity contribution in [2.75, 3.05) is 17.6 Å². The van der Waals surface area contributed by atoms with Gasteiger partial charge in [-0.15, -0.1) is 10.2 Å². The van der Waals surface area contributed by atoms with Crippen molar-refractivity contribution in [3.63, 3.8) is 0 Å². The molecule has 0 amide bonds. The van der Waals surface area contributed by atoms with Gasteiger partial charge in [-0.25, -0.2) is 0 Å². The minimum atomic E-state index is 0.531. The second kappa shape index (κ2) is 5.27. The molecule has 2 aromatic rings. The monoisotopic (exact) mass is 265 g/mol. The van der Waals surface area contributed by atoms with Crippen LogP contribution < -0.4 is 11.1 Å². The standard InChI is InChI=1S/C12H16ClN5/c1-3-15-12-17-16-11(18(12)4-2)8-5-6-10(14)9(13)7-8/h5-7H,3-4,14H2,1-2H3,(H,15,17). The highest BCUT2D eigenvalue weighted by atomic mass is 35.5. The fraction of sp³-hybridized carbons (Fsp3) is 0.333. The predicted molar refractivity (Wildman–Crippen MR) is 74.7 cm³/mol. The summed E-state index contributed by atoms with van der Waals surface area (Å²) < 4.78 is 2.01. The Labute approximate surface area is 111 Å². The normalized spacial score (nSPS) is 10.6. The molecule has 1 heterocycles. The smallest absolute Gasteiger partial charge is 0.224 e. The molecule has 2 rings (SSSR count). The quantitative estimate of drug-likeness (QED) is 0.834. The molecule has 0 spiro atoms. The zero-order chi connectivity index (χ0) is 13.1. The van der Waals surface area contributed by atoms with Gasteiger partial charge in [0.25, 0.3) is 0 Å². The molecule has 0 saturated heterocycles. The molecule has 0 saturated carbocycles. The van der Waals surface area contributed by atoms with E-state index in [9.17, 15) is 0 Å². The number of nitrogens with one attached hydrogen (secondary N) is 1. The summed E-state index contributed by atoms with van der Waals surface area (Å²) >= 11 is 6.03. The first-order valence-corrected chi connectivity index (χ1v) is 6.27. The van der Waals surface area contributed by atoms with Gasteiger partial charge in [-0.05, 0) is 32.0 Å². The van der Waals surface area contributed by atoms with E-state index in [0.717, 1.165) is 30.4 Å². The summed E-state index contributed by atoms with van der Waals surface area (Å²) in [5.41, 5.74) is 7.18. The molecule has 0 unspecified atom stereocenters. The fourth-order valence-corrected chi connectivity index (χ4v) is 1.95. The van der Waals surface area contributed by atoms with Crippen molar-refractivity contribution in [3.8, 4) is 11.4 Å². The van der Waals surface area contributed by atoms with E-state index in [4.69, 9.17) is 17.3 Å². The van der Waals surface area contributed by atoms with Crippen molar-refractivity contribution in [2.24, 2.45) is 0 Å². The van der Waals surface area contributed by atoms with Gasteiger partial charge in [0.1, 0.15) is 0 Å². The van der Waals surface area contributed by atoms with Crippen molar-refractivity contribution in [1.82, 2.24) is 14.8 Å². The summed E-state index contributed by atoms with van der Waals surface area (Å²) in [6, 6.07) is 5.48. The van der Waals surface area contributed by atoms with Crippen LogP contribution in [0.15, 0.2) is 18.2 Å². The van der Waals surface area contributed by atoms with Crippen LogP contribution in [-0.4, -0.2) is 21.3 Å². The fourth-order valence-electron chi connectivity index (χ4n) is 1.77. The molecular weight excluding hydrogens is 250 g/mol. The number of halogens is 1. The molecule has 0 radical (unpaired) electrons. The lowest BCUT2D eigenvalue weighted by Crippen LogP contribution is -2.06. The summed E-state index contributed by atoms with van der Waals surface area (Å²) in [5, 5.41) is 12.0. The third kappa shape index (κ3) is 2.26. The summed E-state index contributed by atoms with van der Waals surface area (Å²) in [6.07, 6.45) is 0. The molecule has 0 aliphatic rings. The van der Waals surface area contributed by atoms with Crippen molar-refractivity contribution < 1.29 is 0 Å². The van der Waals surface area contributed by atoms with Gasteiger partial charge in [0.05, 0.1) is 10.7 Å². The zero-order valence-electron chi connectivity index (χ0n) is 10.4. The van der Waals surface area contributed by atoms with Crippen molar-refractivity contribution in [3.05, 3.63) is 23.2 Å². The average molecular weight is 266 g/mol. The largest absolute Gasteiger partial charge is 0.398 e. The van der Waals surface area contributed by atoms with Gasteiger partial charge in [0.2, 0.25) is 5.95 Å². The number of aromatic nitrogens is 3. The molecule has 6 heteroatoms. The Hall–Kier alpha value is -1.75. The van der Waals surface area contributed by atoms with Crippen LogP contribution in [0.1, 0.15) is 13.8 Å². The average Bonchev–Trinajstić information content (AvgIpc) is 2.76. The maximum atomic E-state index is 6.03. The van der Waals surface area contributed by atoms with Crippen LogP contribution in [0.25, 0.3) is 11.4 Å². The number of benzene rings is 1. The van der Waals surface area contributed by atoms with E-state index < -0.39 is 0 Å². The lowest BCUT2D eigenvalue weighted by molar-refractivity contribution is 0.770. The molecule has 0 bridgehead atoms. The highest BCUT2D eigenvalue weighted by Gasteiger charge is 2.12. The molecular formula is C12H16ClN5. The second-order valence-corrected chi connectivity index (χ2v) is 4.27. The van der Waals surface area contributed by atoms with E-state index in [1.165, 1.54) is 0 Å². The molecule has 0 fully saturated rings. The molecule has 0 aliphatic carbocycles. The number of hydrogen-bond acceptors (Lipinski definition) is 4. The number of nitrogens with two attached hydrogens (primary N) is 1. The van der Waals surface area contributed by atoms with Gasteiger partial charge in [0, 0.05) is 18.7 Å². The van der Waals surface area contributed by atoms with Crippen LogP contribution in [0.4, 0.5) is 11.6 Å². The lowest BCUT2D eigenvalue weighted by atomic mass is 10.2. The van der Waals surface area contributed by atoms with E-state index >= 15 is 0 Å². The van der Waals surface area contributed by atoms with Crippen molar-refractivity contribution in [1.29, 1.82) is 0 Å². The Kier molecular flexibility index (Phi) is 3.72. The SMILES string of the molecule is CCNc1nnc(-c2ccc(N)c(Cl)c2)n1CC. The molecule has 3 N–H and O–H groups in total. The highest BCUT2D eigenvalue weighted by molar-refractivity contribution is 6.33. The van der Waals surface area contributed by atoms with Crippen molar-refractivity contribution in [2.45, 2.75) is 20.4 Å². The Morgan fingerprint density at radius 2 is 2.11 bits per heavy atom. The Balaban J connectivity index is 2.46. The number of anilines is 2. The van der Waals surface area contributed by atoms with Crippen LogP contribution in [0.5, 0.6) is 0 Å². The first kappa shape index (κ1) is 12.7. The molecule has 96 valence electrons. The van der Waals surface area contributed by atoms with Crippen LogP contribution in [0, 0.1) is 0 Å². The van der Waals surface area contributed by atoms with E-state index in [0.29, 0.717) is 10.7 Å². The van der Waals surface area contributed by atoms with E-state index in [1.54, 1.807) is 6.07 Å². The third-order valence-corrected chi connectivity index (χ3v) is 2.99. The molecule has 5 nitrogen and oxygen atoms in total. The van der Waals surface area contributed by atoms with E-state index in [1.807, 2.05) is 30.5 Å². The van der Waals surface area contributed by atoms with Crippen LogP contribution >= 0.6 is 11.6 Å². The van der Waals surface area contributed by atoms with Crippen LogP contribution in [-0.2, 0) is 6.54 Å². The lowest BCUT2D eigenvalue weighted by Gasteiger charge is -2.08. The van der Waals surface area contributed by atoms with Gasteiger partial charge < -0.3 is 11.1 Å². The number of nitrogen functional groups attached to an aromatic ring is 1. The van der Waals surface area contributed by atoms with Gasteiger partial charge in [0.15, 0.2) is 5.82 Å². The van der Waals surface area contributed by atoms with Gasteiger partial charge in [-0.3, -0.25) is 4.57 Å². The maximum Gasteiger partial charge on any atom is 0.224 e. The summed E-state index contributed by atoms with van der Waals surface area (Å²) in [4.78, 5) is 0. The first-order chi connectivity index (χ1) is 8.67. The maximum absolute atomic E-state index is 6.03. The zero-order valence-corrected chi connectivity index (χ0v) is 11.2. The number of rotatable bonds is 4. The minimum Gasteiger partial charge on any atom is -0.398 e. The van der Waals surface area contributed by atoms with Gasteiger partial charge in [-0.2, -0.15) is 0 Å². The van der Waals surface area contributed by atoms with E-state index in [-0.39, 0.29) is 0 Å². The Morgan fingerprint density at radius 1 is 1.33 bits per heavy atom. The first-order valence-electron chi connectivity index (χ1n) is 5.89. The molecule has 1 aromatic heterocycles. The third-order valence-electron chi connectivity index (χ3n) is 2.66. The molecule has 18 heavy (non-hydrogen) atoms. The van der Waals surface area contributed by atoms with E-state index in [2.05, 4.69) is 15.5 Å².